The number of nitrogens with zero attached hydrogens (tertiary/aromatic N) is 1. The SMILES string of the molecule is CCC1CNC(C)(C)CN1Cc1ccc(F)cc1. The average molecular weight is 250 g/mol. The summed E-state index contributed by atoms with van der Waals surface area (Å²) in [6.07, 6.45) is 1.14. The van der Waals surface area contributed by atoms with Gasteiger partial charge in [0.1, 0.15) is 5.82 Å². The predicted molar refractivity (Wildman–Crippen MR) is 73.0 cm³/mol. The minimum atomic E-state index is -0.161. The zero-order valence-corrected chi connectivity index (χ0v) is 11.5. The largest absolute Gasteiger partial charge is 0.309 e. The average Bonchev–Trinajstić information content (AvgIpc) is 2.31. The van der Waals surface area contributed by atoms with Crippen LogP contribution in [0.25, 0.3) is 0 Å². The van der Waals surface area contributed by atoms with Crippen molar-refractivity contribution in [3.8, 4) is 0 Å². The first-order chi connectivity index (χ1) is 8.50. The molecule has 1 aromatic carbocycles. The molecule has 2 rings (SSSR count). The van der Waals surface area contributed by atoms with Crippen LogP contribution in [0.1, 0.15) is 32.8 Å². The van der Waals surface area contributed by atoms with E-state index >= 15 is 0 Å². The molecule has 1 saturated heterocycles. The van der Waals surface area contributed by atoms with E-state index < -0.39 is 0 Å². The van der Waals surface area contributed by atoms with E-state index in [-0.39, 0.29) is 11.4 Å². The van der Waals surface area contributed by atoms with Gasteiger partial charge in [-0.2, -0.15) is 0 Å². The molecule has 1 fully saturated rings. The smallest absolute Gasteiger partial charge is 0.123 e. The lowest BCUT2D eigenvalue weighted by molar-refractivity contribution is 0.0858. The van der Waals surface area contributed by atoms with E-state index in [2.05, 4.69) is 31.0 Å². The highest BCUT2D eigenvalue weighted by Crippen LogP contribution is 2.19. The fourth-order valence-electron chi connectivity index (χ4n) is 2.63. The van der Waals surface area contributed by atoms with E-state index in [1.165, 1.54) is 5.56 Å². The van der Waals surface area contributed by atoms with Crippen molar-refractivity contribution >= 4 is 0 Å². The van der Waals surface area contributed by atoms with Crippen LogP contribution in [0.5, 0.6) is 0 Å². The molecule has 1 atom stereocenters. The Morgan fingerprint density at radius 1 is 1.33 bits per heavy atom. The summed E-state index contributed by atoms with van der Waals surface area (Å²) < 4.78 is 12.9. The summed E-state index contributed by atoms with van der Waals surface area (Å²) in [6, 6.07) is 7.43. The van der Waals surface area contributed by atoms with Crippen molar-refractivity contribution in [1.29, 1.82) is 0 Å². The van der Waals surface area contributed by atoms with Crippen LogP contribution in [0.3, 0.4) is 0 Å². The summed E-state index contributed by atoms with van der Waals surface area (Å²) in [5, 5.41) is 3.58. The Labute approximate surface area is 109 Å². The fraction of sp³-hybridized carbons (Fsp3) is 0.600. The lowest BCUT2D eigenvalue weighted by Gasteiger charge is -2.44. The lowest BCUT2D eigenvalue weighted by Crippen LogP contribution is -2.60. The second kappa shape index (κ2) is 5.37. The molecule has 0 saturated carbocycles. The van der Waals surface area contributed by atoms with E-state index in [4.69, 9.17) is 0 Å². The van der Waals surface area contributed by atoms with E-state index in [0.29, 0.717) is 6.04 Å². The number of hydrogen-bond donors (Lipinski definition) is 1. The first kappa shape index (κ1) is 13.5. The van der Waals surface area contributed by atoms with Crippen molar-refractivity contribution in [3.05, 3.63) is 35.6 Å². The topological polar surface area (TPSA) is 15.3 Å². The Morgan fingerprint density at radius 3 is 2.61 bits per heavy atom. The zero-order chi connectivity index (χ0) is 13.2. The molecular weight excluding hydrogens is 227 g/mol. The fourth-order valence-corrected chi connectivity index (χ4v) is 2.63. The summed E-state index contributed by atoms with van der Waals surface area (Å²) in [5.74, 6) is -0.161. The highest BCUT2D eigenvalue weighted by molar-refractivity contribution is 5.16. The van der Waals surface area contributed by atoms with E-state index in [0.717, 1.165) is 26.1 Å². The Balaban J connectivity index is 2.07. The second-order valence-corrected chi connectivity index (χ2v) is 5.86. The highest BCUT2D eigenvalue weighted by atomic mass is 19.1. The summed E-state index contributed by atoms with van der Waals surface area (Å²) >= 11 is 0. The quantitative estimate of drug-likeness (QED) is 0.887. The third-order valence-corrected chi connectivity index (χ3v) is 3.70. The Kier molecular flexibility index (Phi) is 4.03. The summed E-state index contributed by atoms with van der Waals surface area (Å²) in [4.78, 5) is 2.50. The molecule has 2 nitrogen and oxygen atoms in total. The number of hydrogen-bond acceptors (Lipinski definition) is 2. The molecule has 0 bridgehead atoms. The van der Waals surface area contributed by atoms with Crippen LogP contribution in [-0.4, -0.2) is 29.6 Å². The molecule has 1 aliphatic heterocycles. The van der Waals surface area contributed by atoms with Crippen LogP contribution in [0.15, 0.2) is 24.3 Å². The van der Waals surface area contributed by atoms with Crippen LogP contribution < -0.4 is 5.32 Å². The van der Waals surface area contributed by atoms with Gasteiger partial charge >= 0.3 is 0 Å². The van der Waals surface area contributed by atoms with Gasteiger partial charge in [-0.1, -0.05) is 19.1 Å². The summed E-state index contributed by atoms with van der Waals surface area (Å²) in [7, 11) is 0. The normalized spacial score (nSPS) is 24.1. The van der Waals surface area contributed by atoms with Crippen LogP contribution in [0, 0.1) is 5.82 Å². The predicted octanol–water partition coefficient (Wildman–Crippen LogP) is 2.79. The molecule has 100 valence electrons. The Hall–Kier alpha value is -0.930. The summed E-state index contributed by atoms with van der Waals surface area (Å²) in [6.45, 7) is 9.66. The molecule has 0 aliphatic carbocycles. The first-order valence-corrected chi connectivity index (χ1v) is 6.74. The molecule has 0 amide bonds. The van der Waals surface area contributed by atoms with Gasteiger partial charge in [0.25, 0.3) is 0 Å². The lowest BCUT2D eigenvalue weighted by atomic mass is 9.97. The molecule has 0 aromatic heterocycles. The molecule has 1 N–H and O–H groups in total. The van der Waals surface area contributed by atoms with Gasteiger partial charge in [-0.3, -0.25) is 4.90 Å². The van der Waals surface area contributed by atoms with Gasteiger partial charge in [0.15, 0.2) is 0 Å². The van der Waals surface area contributed by atoms with Crippen LogP contribution in [-0.2, 0) is 6.54 Å². The maximum Gasteiger partial charge on any atom is 0.123 e. The Bertz CT molecular complexity index is 386. The number of halogens is 1. The van der Waals surface area contributed by atoms with Crippen molar-refractivity contribution in [2.45, 2.75) is 45.3 Å². The van der Waals surface area contributed by atoms with Crippen molar-refractivity contribution in [3.63, 3.8) is 0 Å². The highest BCUT2D eigenvalue weighted by Gasteiger charge is 2.31. The van der Waals surface area contributed by atoms with E-state index in [1.807, 2.05) is 12.1 Å². The monoisotopic (exact) mass is 250 g/mol. The van der Waals surface area contributed by atoms with Gasteiger partial charge in [-0.25, -0.2) is 4.39 Å². The van der Waals surface area contributed by atoms with E-state index in [1.54, 1.807) is 12.1 Å². The van der Waals surface area contributed by atoms with Gasteiger partial charge in [0.05, 0.1) is 0 Å². The molecule has 0 radical (unpaired) electrons. The van der Waals surface area contributed by atoms with Gasteiger partial charge in [-0.15, -0.1) is 0 Å². The van der Waals surface area contributed by atoms with Gasteiger partial charge in [-0.05, 0) is 38.0 Å². The van der Waals surface area contributed by atoms with Gasteiger partial charge < -0.3 is 5.32 Å². The van der Waals surface area contributed by atoms with E-state index in [9.17, 15) is 4.39 Å². The van der Waals surface area contributed by atoms with Crippen LogP contribution >= 0.6 is 0 Å². The molecule has 1 aliphatic rings. The Morgan fingerprint density at radius 2 is 2.00 bits per heavy atom. The number of benzene rings is 1. The minimum Gasteiger partial charge on any atom is -0.309 e. The van der Waals surface area contributed by atoms with Gasteiger partial charge in [0, 0.05) is 31.2 Å². The molecule has 18 heavy (non-hydrogen) atoms. The van der Waals surface area contributed by atoms with Crippen LogP contribution in [0.2, 0.25) is 0 Å². The number of piperazine rings is 1. The summed E-state index contributed by atoms with van der Waals surface area (Å²) in [5.41, 5.74) is 1.35. The molecule has 0 spiro atoms. The zero-order valence-electron chi connectivity index (χ0n) is 11.5. The molecule has 1 aromatic rings. The van der Waals surface area contributed by atoms with Crippen molar-refractivity contribution in [1.82, 2.24) is 10.2 Å². The standard InChI is InChI=1S/C15H23FN2/c1-4-14-9-17-15(2,3)11-18(14)10-12-5-7-13(16)8-6-12/h5-8,14,17H,4,9-11H2,1-3H3. The van der Waals surface area contributed by atoms with Gasteiger partial charge in [0.2, 0.25) is 0 Å². The maximum absolute atomic E-state index is 12.9. The third kappa shape index (κ3) is 3.30. The minimum absolute atomic E-state index is 0.158. The molecule has 1 heterocycles. The second-order valence-electron chi connectivity index (χ2n) is 5.86. The molecule has 3 heteroatoms. The molecular formula is C15H23FN2. The molecule has 1 unspecified atom stereocenters. The number of nitrogens with one attached hydrogen (secondary N) is 1. The number of rotatable bonds is 3. The third-order valence-electron chi connectivity index (χ3n) is 3.70. The van der Waals surface area contributed by atoms with Crippen molar-refractivity contribution in [2.24, 2.45) is 0 Å². The van der Waals surface area contributed by atoms with Crippen molar-refractivity contribution < 1.29 is 4.39 Å². The van der Waals surface area contributed by atoms with Crippen molar-refractivity contribution in [2.75, 3.05) is 13.1 Å². The maximum atomic E-state index is 12.9. The van der Waals surface area contributed by atoms with Crippen LogP contribution in [0.4, 0.5) is 4.39 Å². The first-order valence-electron chi connectivity index (χ1n) is 6.74.